The summed E-state index contributed by atoms with van der Waals surface area (Å²) in [6.45, 7) is 4.19. The van der Waals surface area contributed by atoms with E-state index in [1.807, 2.05) is 10.7 Å². The smallest absolute Gasteiger partial charge is 0.158 e. The number of aromatic nitrogens is 5. The van der Waals surface area contributed by atoms with Crippen LogP contribution in [0.1, 0.15) is 18.4 Å². The lowest BCUT2D eigenvalue weighted by atomic mass is 10.0. The lowest BCUT2D eigenvalue weighted by Crippen LogP contribution is -2.35. The van der Waals surface area contributed by atoms with Crippen LogP contribution in [-0.4, -0.2) is 43.9 Å². The average molecular weight is 347 g/mol. The Morgan fingerprint density at radius 1 is 1.15 bits per heavy atom. The normalized spacial score (nSPS) is 15.7. The van der Waals surface area contributed by atoms with Gasteiger partial charge in [0.05, 0.1) is 5.52 Å². The zero-order valence-corrected chi connectivity index (χ0v) is 14.7. The molecule has 1 aliphatic rings. The maximum atomic E-state index is 4.50. The third-order valence-electron chi connectivity index (χ3n) is 5.14. The Kier molecular flexibility index (Phi) is 3.60. The molecule has 1 saturated heterocycles. The Bertz CT molecular complexity index is 1070. The van der Waals surface area contributed by atoms with E-state index in [1.165, 1.54) is 0 Å². The van der Waals surface area contributed by atoms with Crippen molar-refractivity contribution >= 4 is 22.4 Å². The minimum Gasteiger partial charge on any atom is -0.365 e. The summed E-state index contributed by atoms with van der Waals surface area (Å²) < 4.78 is 1.83. The lowest BCUT2D eigenvalue weighted by Gasteiger charge is -2.23. The van der Waals surface area contributed by atoms with Crippen molar-refractivity contribution in [1.82, 2.24) is 30.1 Å². The van der Waals surface area contributed by atoms with Gasteiger partial charge in [-0.05, 0) is 62.2 Å². The molecule has 7 heteroatoms. The van der Waals surface area contributed by atoms with Gasteiger partial charge in [0, 0.05) is 23.2 Å². The summed E-state index contributed by atoms with van der Waals surface area (Å²) in [6, 6.07) is 9.06. The first-order valence-corrected chi connectivity index (χ1v) is 9.04. The Morgan fingerprint density at radius 3 is 2.92 bits per heavy atom. The van der Waals surface area contributed by atoms with E-state index in [4.69, 9.17) is 0 Å². The van der Waals surface area contributed by atoms with Gasteiger partial charge < -0.3 is 10.6 Å². The summed E-state index contributed by atoms with van der Waals surface area (Å²) in [7, 11) is 0. The van der Waals surface area contributed by atoms with Gasteiger partial charge in [0.15, 0.2) is 11.5 Å². The highest BCUT2D eigenvalue weighted by molar-refractivity contribution is 5.92. The van der Waals surface area contributed by atoms with Crippen LogP contribution in [0.3, 0.4) is 0 Å². The number of H-pyrrole nitrogens is 1. The van der Waals surface area contributed by atoms with Crippen LogP contribution in [-0.2, 0) is 0 Å². The van der Waals surface area contributed by atoms with Gasteiger partial charge in [0.1, 0.15) is 6.33 Å². The average Bonchev–Trinajstić information content (AvgIpc) is 3.30. The second kappa shape index (κ2) is 6.10. The van der Waals surface area contributed by atoms with Gasteiger partial charge >= 0.3 is 0 Å². The molecule has 0 aliphatic carbocycles. The lowest BCUT2D eigenvalue weighted by molar-refractivity contribution is 0.478. The highest BCUT2D eigenvalue weighted by Gasteiger charge is 2.16. The van der Waals surface area contributed by atoms with Crippen LogP contribution < -0.4 is 10.6 Å². The van der Waals surface area contributed by atoms with E-state index in [-0.39, 0.29) is 0 Å². The van der Waals surface area contributed by atoms with Crippen LogP contribution in [0.5, 0.6) is 0 Å². The minimum atomic E-state index is 0.486. The maximum absolute atomic E-state index is 4.50. The number of rotatable bonds is 3. The van der Waals surface area contributed by atoms with Crippen LogP contribution in [0.25, 0.3) is 27.7 Å². The molecule has 4 aromatic rings. The quantitative estimate of drug-likeness (QED) is 0.531. The Balaban J connectivity index is 1.49. The third kappa shape index (κ3) is 2.61. The van der Waals surface area contributed by atoms with Crippen LogP contribution >= 0.6 is 0 Å². The molecule has 1 aromatic carbocycles. The van der Waals surface area contributed by atoms with Crippen LogP contribution in [0.4, 0.5) is 5.82 Å². The van der Waals surface area contributed by atoms with Crippen molar-refractivity contribution in [2.75, 3.05) is 18.4 Å². The highest BCUT2D eigenvalue weighted by Crippen LogP contribution is 2.28. The van der Waals surface area contributed by atoms with Gasteiger partial charge in [-0.25, -0.2) is 9.50 Å². The summed E-state index contributed by atoms with van der Waals surface area (Å²) in [5.74, 6) is 0.946. The number of fused-ring (bicyclic) bond motifs is 2. The molecule has 4 heterocycles. The molecular weight excluding hydrogens is 326 g/mol. The second-order valence-electron chi connectivity index (χ2n) is 6.94. The molecule has 0 unspecified atom stereocenters. The number of hydrogen-bond donors (Lipinski definition) is 3. The van der Waals surface area contributed by atoms with Gasteiger partial charge in [-0.2, -0.15) is 10.2 Å². The third-order valence-corrected chi connectivity index (χ3v) is 5.14. The number of hydrogen-bond acceptors (Lipinski definition) is 5. The fraction of sp³-hybridized carbons (Fsp3) is 0.316. The van der Waals surface area contributed by atoms with Crippen molar-refractivity contribution in [3.63, 3.8) is 0 Å². The molecule has 0 radical (unpaired) electrons. The molecule has 7 nitrogen and oxygen atoms in total. The number of nitrogens with zero attached hydrogens (tertiary/aromatic N) is 4. The van der Waals surface area contributed by atoms with E-state index in [1.54, 1.807) is 6.33 Å². The van der Waals surface area contributed by atoms with Gasteiger partial charge in [-0.3, -0.25) is 5.10 Å². The molecule has 0 atom stereocenters. The summed E-state index contributed by atoms with van der Waals surface area (Å²) >= 11 is 0. The zero-order chi connectivity index (χ0) is 17.5. The molecule has 0 spiro atoms. The van der Waals surface area contributed by atoms with E-state index in [0.717, 1.165) is 65.0 Å². The number of pyridine rings is 1. The zero-order valence-electron chi connectivity index (χ0n) is 14.7. The molecular formula is C19H21N7. The van der Waals surface area contributed by atoms with Gasteiger partial charge in [-0.15, -0.1) is 0 Å². The number of benzene rings is 1. The summed E-state index contributed by atoms with van der Waals surface area (Å²) in [4.78, 5) is 4.28. The molecule has 3 N–H and O–H groups in total. The second-order valence-corrected chi connectivity index (χ2v) is 6.94. The van der Waals surface area contributed by atoms with Gasteiger partial charge in [0.2, 0.25) is 0 Å². The Morgan fingerprint density at radius 2 is 2.04 bits per heavy atom. The predicted octanol–water partition coefficient (Wildman–Crippen LogP) is 2.74. The van der Waals surface area contributed by atoms with E-state index in [0.29, 0.717) is 6.04 Å². The van der Waals surface area contributed by atoms with Crippen molar-refractivity contribution in [2.24, 2.45) is 0 Å². The predicted molar refractivity (Wildman–Crippen MR) is 102 cm³/mol. The Labute approximate surface area is 150 Å². The first-order chi connectivity index (χ1) is 12.8. The first-order valence-electron chi connectivity index (χ1n) is 9.04. The summed E-state index contributed by atoms with van der Waals surface area (Å²) in [5, 5.41) is 20.0. The van der Waals surface area contributed by atoms with Crippen LogP contribution in [0.2, 0.25) is 0 Å². The number of anilines is 1. The number of aryl methyl sites for hydroxylation is 1. The molecule has 1 fully saturated rings. The maximum Gasteiger partial charge on any atom is 0.158 e. The van der Waals surface area contributed by atoms with Crippen molar-refractivity contribution in [3.8, 4) is 11.1 Å². The van der Waals surface area contributed by atoms with E-state index in [9.17, 15) is 0 Å². The van der Waals surface area contributed by atoms with Crippen molar-refractivity contribution in [1.29, 1.82) is 0 Å². The van der Waals surface area contributed by atoms with E-state index in [2.05, 4.69) is 62.1 Å². The summed E-state index contributed by atoms with van der Waals surface area (Å²) in [5.41, 5.74) is 5.29. The monoisotopic (exact) mass is 347 g/mol. The van der Waals surface area contributed by atoms with Crippen molar-refractivity contribution < 1.29 is 0 Å². The number of piperidine rings is 1. The number of aromatic amines is 1. The van der Waals surface area contributed by atoms with Crippen molar-refractivity contribution in [3.05, 3.63) is 42.4 Å². The van der Waals surface area contributed by atoms with Crippen molar-refractivity contribution in [2.45, 2.75) is 25.8 Å². The standard InChI is InChI=1S/C19H21N7/c1-12-8-14(10-26-19(12)21-11-22-26)13-2-3-16-17(9-13)24-25-18(16)23-15-4-6-20-7-5-15/h2-3,8-11,15,20H,4-7H2,1H3,(H2,23,24,25). The first kappa shape index (κ1) is 15.3. The fourth-order valence-corrected chi connectivity index (χ4v) is 3.72. The highest BCUT2D eigenvalue weighted by atomic mass is 15.3. The van der Waals surface area contributed by atoms with E-state index >= 15 is 0 Å². The number of nitrogens with one attached hydrogen (secondary N) is 3. The van der Waals surface area contributed by atoms with Crippen LogP contribution in [0.15, 0.2) is 36.8 Å². The van der Waals surface area contributed by atoms with E-state index < -0.39 is 0 Å². The molecule has 132 valence electrons. The van der Waals surface area contributed by atoms with Gasteiger partial charge in [-0.1, -0.05) is 6.07 Å². The molecule has 5 rings (SSSR count). The molecule has 3 aromatic heterocycles. The molecule has 26 heavy (non-hydrogen) atoms. The molecule has 0 amide bonds. The molecule has 0 saturated carbocycles. The fourth-order valence-electron chi connectivity index (χ4n) is 3.72. The molecule has 0 bridgehead atoms. The summed E-state index contributed by atoms with van der Waals surface area (Å²) in [6.07, 6.45) is 5.86. The minimum absolute atomic E-state index is 0.486. The largest absolute Gasteiger partial charge is 0.365 e. The SMILES string of the molecule is Cc1cc(-c2ccc3c(NC4CCNCC4)n[nH]c3c2)cn2ncnc12. The van der Waals surface area contributed by atoms with Crippen LogP contribution in [0, 0.1) is 6.92 Å². The van der Waals surface area contributed by atoms with Gasteiger partial charge in [0.25, 0.3) is 0 Å². The molecule has 1 aliphatic heterocycles. The Hall–Kier alpha value is -2.93. The topological polar surface area (TPSA) is 82.9 Å².